The minimum Gasteiger partial charge on any atom is -0.497 e. The van der Waals surface area contributed by atoms with Gasteiger partial charge in [-0.3, -0.25) is 4.79 Å². The van der Waals surface area contributed by atoms with Crippen LogP contribution in [0.1, 0.15) is 28.3 Å². The lowest BCUT2D eigenvalue weighted by Crippen LogP contribution is -2.21. The molecule has 1 aliphatic heterocycles. The van der Waals surface area contributed by atoms with Gasteiger partial charge in [-0.15, -0.1) is 0 Å². The second-order valence-corrected chi connectivity index (χ2v) is 6.17. The van der Waals surface area contributed by atoms with Crippen LogP contribution in [0, 0.1) is 13.8 Å². The fraction of sp³-hybridized carbons (Fsp3) is 0.250. The Morgan fingerprint density at radius 3 is 2.32 bits per heavy atom. The molecule has 5 nitrogen and oxygen atoms in total. The number of fused-ring (bicyclic) bond motifs is 1. The standard InChI is InChI=1S/C20H22N2O3/c1-11-7-13(8-12(2)19(11)25-4)18-10-16(20(21)23)15-9-14(24-3)5-6-17(15)22-18/h5-10,18,22H,1-4H3,(H2,21,23). The molecule has 0 radical (unpaired) electrons. The summed E-state index contributed by atoms with van der Waals surface area (Å²) in [4.78, 5) is 12.0. The smallest absolute Gasteiger partial charge is 0.249 e. The van der Waals surface area contributed by atoms with Crippen molar-refractivity contribution in [3.63, 3.8) is 0 Å². The predicted molar refractivity (Wildman–Crippen MR) is 99.0 cm³/mol. The molecule has 0 saturated carbocycles. The van der Waals surface area contributed by atoms with Crippen LogP contribution in [0.5, 0.6) is 11.5 Å². The van der Waals surface area contributed by atoms with Crippen molar-refractivity contribution < 1.29 is 14.3 Å². The van der Waals surface area contributed by atoms with Crippen molar-refractivity contribution in [1.29, 1.82) is 0 Å². The fourth-order valence-electron chi connectivity index (χ4n) is 3.34. The molecule has 25 heavy (non-hydrogen) atoms. The molecule has 3 N–H and O–H groups in total. The van der Waals surface area contributed by atoms with Crippen LogP contribution in [0.3, 0.4) is 0 Å². The van der Waals surface area contributed by atoms with E-state index in [2.05, 4.69) is 17.4 Å². The number of nitrogens with one attached hydrogen (secondary N) is 1. The van der Waals surface area contributed by atoms with Gasteiger partial charge >= 0.3 is 0 Å². The summed E-state index contributed by atoms with van der Waals surface area (Å²) < 4.78 is 10.7. The van der Waals surface area contributed by atoms with Crippen LogP contribution in [0.4, 0.5) is 5.69 Å². The van der Waals surface area contributed by atoms with Gasteiger partial charge in [0, 0.05) is 16.8 Å². The lowest BCUT2D eigenvalue weighted by atomic mass is 9.91. The SMILES string of the molecule is COc1ccc2c(c1)C(C(N)=O)=CC(c1cc(C)c(OC)c(C)c1)N2. The second-order valence-electron chi connectivity index (χ2n) is 6.17. The molecule has 0 saturated heterocycles. The van der Waals surface area contributed by atoms with Crippen LogP contribution < -0.4 is 20.5 Å². The molecule has 0 spiro atoms. The van der Waals surface area contributed by atoms with Crippen molar-refractivity contribution >= 4 is 17.2 Å². The number of nitrogens with two attached hydrogens (primary N) is 1. The van der Waals surface area contributed by atoms with E-state index < -0.39 is 5.91 Å². The Kier molecular flexibility index (Phi) is 4.40. The molecule has 130 valence electrons. The maximum atomic E-state index is 12.0. The third kappa shape index (κ3) is 3.05. The Balaban J connectivity index is 2.08. The van der Waals surface area contributed by atoms with E-state index in [4.69, 9.17) is 15.2 Å². The molecule has 0 aromatic heterocycles. The van der Waals surface area contributed by atoms with E-state index in [0.29, 0.717) is 11.3 Å². The number of anilines is 1. The zero-order valence-corrected chi connectivity index (χ0v) is 14.8. The summed E-state index contributed by atoms with van der Waals surface area (Å²) in [6.45, 7) is 4.02. The molecule has 1 aliphatic rings. The summed E-state index contributed by atoms with van der Waals surface area (Å²) in [6, 6.07) is 9.56. The number of primary amides is 1. The van der Waals surface area contributed by atoms with E-state index in [-0.39, 0.29) is 6.04 Å². The molecule has 5 heteroatoms. The zero-order chi connectivity index (χ0) is 18.1. The van der Waals surface area contributed by atoms with Gasteiger partial charge in [-0.05, 0) is 66.9 Å². The van der Waals surface area contributed by atoms with Gasteiger partial charge in [-0.2, -0.15) is 0 Å². The highest BCUT2D eigenvalue weighted by atomic mass is 16.5. The number of hydrogen-bond acceptors (Lipinski definition) is 4. The van der Waals surface area contributed by atoms with Gasteiger partial charge in [-0.1, -0.05) is 0 Å². The molecule has 0 aliphatic carbocycles. The van der Waals surface area contributed by atoms with E-state index >= 15 is 0 Å². The first kappa shape index (κ1) is 16.9. The highest BCUT2D eigenvalue weighted by Crippen LogP contribution is 2.38. The Morgan fingerprint density at radius 1 is 1.08 bits per heavy atom. The van der Waals surface area contributed by atoms with Gasteiger partial charge in [0.1, 0.15) is 11.5 Å². The van der Waals surface area contributed by atoms with Gasteiger partial charge < -0.3 is 20.5 Å². The third-order valence-corrected chi connectivity index (χ3v) is 4.47. The lowest BCUT2D eigenvalue weighted by molar-refractivity contribution is -0.112. The number of benzene rings is 2. The first-order valence-corrected chi connectivity index (χ1v) is 8.06. The zero-order valence-electron chi connectivity index (χ0n) is 14.8. The molecule has 1 unspecified atom stereocenters. The summed E-state index contributed by atoms with van der Waals surface area (Å²) in [6.07, 6.45) is 1.87. The van der Waals surface area contributed by atoms with Crippen LogP contribution in [0.25, 0.3) is 5.57 Å². The van der Waals surface area contributed by atoms with Crippen molar-refractivity contribution in [2.45, 2.75) is 19.9 Å². The molecular formula is C20H22N2O3. The second kappa shape index (κ2) is 6.51. The molecule has 1 heterocycles. The van der Waals surface area contributed by atoms with Crippen LogP contribution >= 0.6 is 0 Å². The van der Waals surface area contributed by atoms with E-state index in [9.17, 15) is 4.79 Å². The average Bonchev–Trinajstić information content (AvgIpc) is 2.59. The molecular weight excluding hydrogens is 316 g/mol. The van der Waals surface area contributed by atoms with Gasteiger partial charge in [0.05, 0.1) is 20.3 Å². The number of ether oxygens (including phenoxy) is 2. The molecule has 2 aromatic carbocycles. The van der Waals surface area contributed by atoms with Crippen molar-refractivity contribution in [3.8, 4) is 11.5 Å². The first-order valence-electron chi connectivity index (χ1n) is 8.06. The largest absolute Gasteiger partial charge is 0.497 e. The maximum Gasteiger partial charge on any atom is 0.249 e. The Bertz CT molecular complexity index is 848. The number of hydrogen-bond donors (Lipinski definition) is 2. The molecule has 1 amide bonds. The predicted octanol–water partition coefficient (Wildman–Crippen LogP) is 3.36. The van der Waals surface area contributed by atoms with Crippen LogP contribution in [-0.4, -0.2) is 20.1 Å². The number of amides is 1. The van der Waals surface area contributed by atoms with Gasteiger partial charge in [-0.25, -0.2) is 0 Å². The highest BCUT2D eigenvalue weighted by Gasteiger charge is 2.24. The van der Waals surface area contributed by atoms with Crippen molar-refractivity contribution in [2.24, 2.45) is 5.73 Å². The van der Waals surface area contributed by atoms with E-state index in [1.807, 2.05) is 38.1 Å². The molecule has 0 fully saturated rings. The maximum absolute atomic E-state index is 12.0. The fourth-order valence-corrected chi connectivity index (χ4v) is 3.34. The number of rotatable bonds is 4. The summed E-state index contributed by atoms with van der Waals surface area (Å²) in [7, 11) is 3.26. The number of methoxy groups -OCH3 is 2. The molecule has 2 aromatic rings. The molecule has 1 atom stereocenters. The van der Waals surface area contributed by atoms with Crippen molar-refractivity contribution in [2.75, 3.05) is 19.5 Å². The molecule has 0 bridgehead atoms. The first-order chi connectivity index (χ1) is 11.9. The lowest BCUT2D eigenvalue weighted by Gasteiger charge is -2.27. The summed E-state index contributed by atoms with van der Waals surface area (Å²) in [5.74, 6) is 1.11. The Hall–Kier alpha value is -2.95. The Morgan fingerprint density at radius 2 is 1.76 bits per heavy atom. The van der Waals surface area contributed by atoms with E-state index in [0.717, 1.165) is 33.7 Å². The number of carbonyl (C=O) groups is 1. The minimum atomic E-state index is -0.456. The van der Waals surface area contributed by atoms with Gasteiger partial charge in [0.25, 0.3) is 0 Å². The minimum absolute atomic E-state index is 0.147. The monoisotopic (exact) mass is 338 g/mol. The summed E-state index contributed by atoms with van der Waals surface area (Å²) in [5.41, 5.74) is 10.9. The van der Waals surface area contributed by atoms with Crippen molar-refractivity contribution in [1.82, 2.24) is 0 Å². The van der Waals surface area contributed by atoms with E-state index in [1.54, 1.807) is 14.2 Å². The van der Waals surface area contributed by atoms with Crippen molar-refractivity contribution in [3.05, 3.63) is 58.7 Å². The normalized spacial score (nSPS) is 15.7. The van der Waals surface area contributed by atoms with Gasteiger partial charge in [0.15, 0.2) is 0 Å². The summed E-state index contributed by atoms with van der Waals surface area (Å²) >= 11 is 0. The molecule has 3 rings (SSSR count). The van der Waals surface area contributed by atoms with Gasteiger partial charge in [0.2, 0.25) is 5.91 Å². The summed E-state index contributed by atoms with van der Waals surface area (Å²) in [5, 5.41) is 3.46. The Labute approximate surface area is 147 Å². The quantitative estimate of drug-likeness (QED) is 0.896. The highest BCUT2D eigenvalue weighted by molar-refractivity contribution is 6.21. The van der Waals surface area contributed by atoms with Crippen LogP contribution in [0.15, 0.2) is 36.4 Å². The average molecular weight is 338 g/mol. The van der Waals surface area contributed by atoms with Crippen LogP contribution in [-0.2, 0) is 4.79 Å². The topological polar surface area (TPSA) is 73.6 Å². The number of aryl methyl sites for hydroxylation is 2. The van der Waals surface area contributed by atoms with Crippen LogP contribution in [0.2, 0.25) is 0 Å². The van der Waals surface area contributed by atoms with E-state index in [1.165, 1.54) is 0 Å². The number of carbonyl (C=O) groups excluding carboxylic acids is 1. The third-order valence-electron chi connectivity index (χ3n) is 4.47.